The number of amides is 1. The zero-order valence-electron chi connectivity index (χ0n) is 18.0. The molecule has 0 aliphatic heterocycles. The highest BCUT2D eigenvalue weighted by atomic mass is 32.2. The second-order valence-corrected chi connectivity index (χ2v) is 9.44. The van der Waals surface area contributed by atoms with Gasteiger partial charge in [-0.15, -0.1) is 0 Å². The van der Waals surface area contributed by atoms with Crippen LogP contribution in [0.4, 0.5) is 26.3 Å². The van der Waals surface area contributed by atoms with Gasteiger partial charge in [0.1, 0.15) is 16.6 Å². The summed E-state index contributed by atoms with van der Waals surface area (Å²) in [6.45, 7) is 0.624. The smallest absolute Gasteiger partial charge is 0.366 e. The molecule has 0 aromatic carbocycles. The number of carbonyl (C=O) groups is 1. The van der Waals surface area contributed by atoms with Gasteiger partial charge in [-0.3, -0.25) is 14.3 Å². The molecule has 36 heavy (non-hydrogen) atoms. The third-order valence-electron chi connectivity index (χ3n) is 5.29. The first-order chi connectivity index (χ1) is 16.6. The maximum Gasteiger partial charge on any atom is 0.417 e. The summed E-state index contributed by atoms with van der Waals surface area (Å²) in [6.07, 6.45) is -3.47. The van der Waals surface area contributed by atoms with Gasteiger partial charge in [0.15, 0.2) is 0 Å². The van der Waals surface area contributed by atoms with E-state index in [-0.39, 0.29) is 28.0 Å². The van der Waals surface area contributed by atoms with Crippen LogP contribution in [0.15, 0.2) is 53.7 Å². The van der Waals surface area contributed by atoms with Crippen molar-refractivity contribution < 1.29 is 39.6 Å². The molecule has 0 radical (unpaired) electrons. The first kappa shape index (κ1) is 25.4. The van der Waals surface area contributed by atoms with Crippen LogP contribution in [0.3, 0.4) is 0 Å². The monoisotopic (exact) mass is 531 g/mol. The molecule has 0 unspecified atom stereocenters. The van der Waals surface area contributed by atoms with Gasteiger partial charge >= 0.3 is 12.4 Å². The second-order valence-electron chi connectivity index (χ2n) is 7.73. The minimum atomic E-state index is -4.83. The number of primary amides is 1. The Morgan fingerprint density at radius 1 is 1.11 bits per heavy atom. The van der Waals surface area contributed by atoms with E-state index in [1.54, 1.807) is 18.2 Å². The predicted octanol–water partition coefficient (Wildman–Crippen LogP) is 3.86. The molecular weight excluding hydrogens is 516 g/mol. The van der Waals surface area contributed by atoms with Crippen LogP contribution in [0, 0.1) is 0 Å². The van der Waals surface area contributed by atoms with E-state index in [1.807, 2.05) is 0 Å². The van der Waals surface area contributed by atoms with Gasteiger partial charge in [0, 0.05) is 23.5 Å². The van der Waals surface area contributed by atoms with E-state index in [0.29, 0.717) is 24.9 Å². The zero-order valence-corrected chi connectivity index (χ0v) is 18.8. The fraction of sp³-hybridized carbons (Fsp3) is 0.190. The van der Waals surface area contributed by atoms with E-state index in [1.165, 1.54) is 9.29 Å². The highest BCUT2D eigenvalue weighted by Gasteiger charge is 2.39. The summed E-state index contributed by atoms with van der Waals surface area (Å²) in [6, 6.07) is 0.377. The number of fused-ring (bicyclic) bond motifs is 1. The normalized spacial score (nSPS) is 15.0. The number of aromatic nitrogens is 3. The van der Waals surface area contributed by atoms with Crippen LogP contribution in [0.1, 0.15) is 22.8 Å². The van der Waals surface area contributed by atoms with Gasteiger partial charge in [0.05, 0.1) is 22.5 Å². The molecule has 190 valence electrons. The number of pyridine rings is 2. The maximum absolute atomic E-state index is 13.3. The van der Waals surface area contributed by atoms with Gasteiger partial charge in [-0.2, -0.15) is 31.1 Å². The zero-order chi connectivity index (χ0) is 26.6. The number of nitrogens with one attached hydrogen (secondary N) is 1. The molecule has 15 heteroatoms. The van der Waals surface area contributed by atoms with Crippen LogP contribution >= 0.6 is 0 Å². The first-order valence-corrected chi connectivity index (χ1v) is 11.4. The van der Waals surface area contributed by atoms with Crippen molar-refractivity contribution in [1.29, 1.82) is 0 Å². The second kappa shape index (κ2) is 8.44. The number of allylic oxidation sites excluding steroid dienone is 4. The molecule has 4 rings (SSSR count). The van der Waals surface area contributed by atoms with Gasteiger partial charge in [-0.1, -0.05) is 6.08 Å². The highest BCUT2D eigenvalue weighted by molar-refractivity contribution is 7.89. The van der Waals surface area contributed by atoms with E-state index in [4.69, 9.17) is 5.73 Å². The Morgan fingerprint density at radius 3 is 2.25 bits per heavy atom. The van der Waals surface area contributed by atoms with E-state index in [9.17, 15) is 39.6 Å². The number of rotatable bonds is 6. The average molecular weight is 531 g/mol. The lowest BCUT2D eigenvalue weighted by atomic mass is 10.1. The maximum atomic E-state index is 13.3. The van der Waals surface area contributed by atoms with Gasteiger partial charge in [0.25, 0.3) is 5.91 Å². The minimum absolute atomic E-state index is 0.0402. The van der Waals surface area contributed by atoms with E-state index < -0.39 is 44.8 Å². The summed E-state index contributed by atoms with van der Waals surface area (Å²) in [5.41, 5.74) is 4.26. The molecule has 8 nitrogen and oxygen atoms in total. The quantitative estimate of drug-likeness (QED) is 0.469. The largest absolute Gasteiger partial charge is 0.417 e. The summed E-state index contributed by atoms with van der Waals surface area (Å²) in [4.78, 5) is 19.6. The van der Waals surface area contributed by atoms with Gasteiger partial charge in [0.2, 0.25) is 10.0 Å². The number of hydrogen-bond acceptors (Lipinski definition) is 5. The lowest BCUT2D eigenvalue weighted by Gasteiger charge is -2.17. The number of sulfonamides is 1. The molecule has 1 aliphatic carbocycles. The fourth-order valence-corrected chi connectivity index (χ4v) is 4.62. The molecule has 0 bridgehead atoms. The van der Waals surface area contributed by atoms with Crippen LogP contribution in [-0.4, -0.2) is 41.1 Å². The van der Waals surface area contributed by atoms with E-state index in [0.717, 1.165) is 18.3 Å². The number of nitrogens with two attached hydrogens (primary N) is 1. The van der Waals surface area contributed by atoms with Crippen molar-refractivity contribution in [3.05, 3.63) is 59.9 Å². The van der Waals surface area contributed by atoms with Crippen molar-refractivity contribution in [2.45, 2.75) is 30.2 Å². The molecule has 3 N–H and O–H groups in total. The standard InChI is InChI=1S/C21H15F6N5O3S/c1-10(20(22,23)24)31-36(34,35)13-5-6-15(29-9-13)17-16(18(28)33)14-7-11(21(25,26)27)8-30-19(14)32(17)12-3-2-4-12/h2-10,31H,1H3,(H2,28,33)/t10-/m0/s1. The molecule has 0 fully saturated rings. The Balaban J connectivity index is 1.88. The molecule has 1 aliphatic rings. The summed E-state index contributed by atoms with van der Waals surface area (Å²) in [5, 5.41) is -0.215. The summed E-state index contributed by atoms with van der Waals surface area (Å²) < 4.78 is 106. The van der Waals surface area contributed by atoms with E-state index >= 15 is 0 Å². The van der Waals surface area contributed by atoms with Crippen molar-refractivity contribution in [3.63, 3.8) is 0 Å². The number of alkyl halides is 6. The Labute approximate surface area is 199 Å². The lowest BCUT2D eigenvalue weighted by molar-refractivity contribution is -0.147. The Bertz CT molecular complexity index is 1540. The molecule has 3 aromatic heterocycles. The fourth-order valence-electron chi connectivity index (χ4n) is 3.44. The molecule has 3 heterocycles. The topological polar surface area (TPSA) is 120 Å². The first-order valence-electron chi connectivity index (χ1n) is 9.97. The van der Waals surface area contributed by atoms with Crippen molar-refractivity contribution in [1.82, 2.24) is 19.3 Å². The highest BCUT2D eigenvalue weighted by Crippen LogP contribution is 2.39. The molecule has 3 aromatic rings. The molecular formula is C21H15F6N5O3S. The summed E-state index contributed by atoms with van der Waals surface area (Å²) in [7, 11) is -4.63. The van der Waals surface area contributed by atoms with Crippen molar-refractivity contribution in [2.24, 2.45) is 5.73 Å². The SMILES string of the molecule is C[C@H](NS(=O)(=O)c1ccc(-c2c(C(N)=O)c3cc(C(F)(F)F)cnc3n2C2=CC=C2)nc1)C(F)(F)F. The van der Waals surface area contributed by atoms with Crippen LogP contribution in [0.25, 0.3) is 28.1 Å². The molecule has 0 saturated carbocycles. The van der Waals surface area contributed by atoms with Crippen LogP contribution in [0.2, 0.25) is 0 Å². The molecule has 0 saturated heterocycles. The van der Waals surface area contributed by atoms with E-state index in [2.05, 4.69) is 9.97 Å². The summed E-state index contributed by atoms with van der Waals surface area (Å²) >= 11 is 0. The number of carbonyl (C=O) groups excluding carboxylic acids is 1. The number of nitrogens with zero attached hydrogens (tertiary/aromatic N) is 3. The van der Waals surface area contributed by atoms with Gasteiger partial charge < -0.3 is 5.73 Å². The minimum Gasteiger partial charge on any atom is -0.366 e. The molecule has 1 amide bonds. The van der Waals surface area contributed by atoms with Crippen LogP contribution in [0.5, 0.6) is 0 Å². The third-order valence-corrected chi connectivity index (χ3v) is 6.81. The lowest BCUT2D eigenvalue weighted by Crippen LogP contribution is -2.42. The number of hydrogen-bond donors (Lipinski definition) is 2. The van der Waals surface area contributed by atoms with Crippen molar-refractivity contribution in [2.75, 3.05) is 0 Å². The summed E-state index contributed by atoms with van der Waals surface area (Å²) in [5.74, 6) is -1.10. The van der Waals surface area contributed by atoms with Gasteiger partial charge in [-0.05, 0) is 37.3 Å². The molecule has 1 atom stereocenters. The average Bonchev–Trinajstić information content (AvgIpc) is 3.05. The third kappa shape index (κ3) is 4.46. The Hall–Kier alpha value is -3.72. The molecule has 0 spiro atoms. The van der Waals surface area contributed by atoms with Crippen LogP contribution < -0.4 is 10.5 Å². The number of halogens is 6. The van der Waals surface area contributed by atoms with Crippen molar-refractivity contribution in [3.8, 4) is 11.4 Å². The van der Waals surface area contributed by atoms with Crippen LogP contribution in [-0.2, 0) is 16.2 Å². The van der Waals surface area contributed by atoms with Gasteiger partial charge in [-0.25, -0.2) is 13.4 Å². The predicted molar refractivity (Wildman–Crippen MR) is 116 cm³/mol. The Morgan fingerprint density at radius 2 is 1.78 bits per heavy atom. The Kier molecular flexibility index (Phi) is 5.95. The van der Waals surface area contributed by atoms with Crippen molar-refractivity contribution >= 4 is 32.7 Å².